The zero-order valence-corrected chi connectivity index (χ0v) is 20.0. The number of benzene rings is 2. The number of nitrogens with one attached hydrogen (secondary N) is 1. The lowest BCUT2D eigenvalue weighted by atomic mass is 9.92. The molecular weight excluding hydrogens is 564 g/mol. The molecule has 0 aliphatic heterocycles. The molecule has 0 aromatic heterocycles. The third-order valence-electron chi connectivity index (χ3n) is 5.27. The van der Waals surface area contributed by atoms with Crippen LogP contribution < -0.4 is 11.1 Å². The third-order valence-corrected chi connectivity index (χ3v) is 6.19. The van der Waals surface area contributed by atoms with Gasteiger partial charge in [0.15, 0.2) is 5.78 Å². The molecule has 4 nitrogen and oxygen atoms in total. The Bertz CT molecular complexity index is 1220. The number of alkyl halides is 7. The van der Waals surface area contributed by atoms with Crippen LogP contribution in [0.3, 0.4) is 0 Å². The van der Waals surface area contributed by atoms with Crippen molar-refractivity contribution < 1.29 is 46.1 Å². The number of rotatable bonds is 6. The smallest absolute Gasteiger partial charge is 0.349 e. The minimum atomic E-state index is -6.39. The van der Waals surface area contributed by atoms with Crippen molar-refractivity contribution in [2.24, 2.45) is 0 Å². The van der Waals surface area contributed by atoms with E-state index in [0.29, 0.717) is 0 Å². The lowest BCUT2D eigenvalue weighted by Crippen LogP contribution is -2.50. The van der Waals surface area contributed by atoms with Crippen molar-refractivity contribution in [3.8, 4) is 0 Å². The van der Waals surface area contributed by atoms with Gasteiger partial charge in [0.2, 0.25) is 0 Å². The van der Waals surface area contributed by atoms with Crippen LogP contribution in [0.2, 0.25) is 15.1 Å². The Balaban J connectivity index is 1.97. The lowest BCUT2D eigenvalue weighted by Gasteiger charge is -2.30. The molecule has 0 heterocycles. The van der Waals surface area contributed by atoms with E-state index in [1.54, 1.807) is 0 Å². The van der Waals surface area contributed by atoms with Gasteiger partial charge in [-0.05, 0) is 43.2 Å². The van der Waals surface area contributed by atoms with Gasteiger partial charge in [0.05, 0.1) is 26.2 Å². The number of amides is 1. The second-order valence-electron chi connectivity index (χ2n) is 7.95. The number of carbonyl (C=O) groups is 2. The molecule has 0 spiro atoms. The molecule has 36 heavy (non-hydrogen) atoms. The van der Waals surface area contributed by atoms with Gasteiger partial charge in [-0.1, -0.05) is 34.8 Å². The van der Waals surface area contributed by atoms with E-state index in [1.165, 1.54) is 18.2 Å². The molecule has 1 saturated carbocycles. The Morgan fingerprint density at radius 2 is 1.42 bits per heavy atom. The number of carbonyl (C=O) groups excluding carboxylic acids is 2. The predicted octanol–water partition coefficient (Wildman–Crippen LogP) is 6.29. The first kappa shape index (κ1) is 28.2. The van der Waals surface area contributed by atoms with Gasteiger partial charge in [0.25, 0.3) is 5.91 Å². The first-order chi connectivity index (χ1) is 16.5. The van der Waals surface area contributed by atoms with Gasteiger partial charge in [0.1, 0.15) is 5.70 Å². The Morgan fingerprint density at radius 1 is 0.889 bits per heavy atom. The van der Waals surface area contributed by atoms with Gasteiger partial charge < -0.3 is 11.1 Å². The third kappa shape index (κ3) is 5.49. The van der Waals surface area contributed by atoms with Crippen LogP contribution in [0.1, 0.15) is 44.7 Å². The van der Waals surface area contributed by atoms with Gasteiger partial charge in [-0.15, -0.1) is 0 Å². The maximum Gasteiger partial charge on any atom is 0.435 e. The first-order valence-corrected chi connectivity index (χ1v) is 11.1. The molecule has 0 atom stereocenters. The summed E-state index contributed by atoms with van der Waals surface area (Å²) in [5.74, 6) is -1.49. The average molecular weight is 579 g/mol. The quantitative estimate of drug-likeness (QED) is 0.240. The maximum atomic E-state index is 14.4. The highest BCUT2D eigenvalue weighted by molar-refractivity contribution is 6.41. The Morgan fingerprint density at radius 3 is 1.89 bits per heavy atom. The molecule has 194 valence electrons. The van der Waals surface area contributed by atoms with E-state index in [4.69, 9.17) is 34.8 Å². The van der Waals surface area contributed by atoms with Crippen LogP contribution in [-0.4, -0.2) is 30.1 Å². The van der Waals surface area contributed by atoms with Crippen LogP contribution in [0.4, 0.5) is 30.7 Å². The van der Waals surface area contributed by atoms with E-state index in [2.05, 4.69) is 11.1 Å². The summed E-state index contributed by atoms with van der Waals surface area (Å²) >= 11 is 17.6. The number of ketones is 1. The molecule has 0 unspecified atom stereocenters. The molecule has 1 aliphatic rings. The number of quaternary nitrogens is 1. The van der Waals surface area contributed by atoms with Gasteiger partial charge in [-0.25, -0.2) is 4.39 Å². The van der Waals surface area contributed by atoms with Crippen LogP contribution in [0.25, 0.3) is 5.70 Å². The molecule has 4 N–H and O–H groups in total. The topological polar surface area (TPSA) is 73.8 Å². The monoisotopic (exact) mass is 577 g/mol. The van der Waals surface area contributed by atoms with Gasteiger partial charge in [-0.2, -0.15) is 26.3 Å². The summed E-state index contributed by atoms with van der Waals surface area (Å²) in [6.07, 6.45) is -10.3. The summed E-state index contributed by atoms with van der Waals surface area (Å²) in [6, 6.07) is 4.29. The van der Waals surface area contributed by atoms with Crippen molar-refractivity contribution >= 4 is 52.2 Å². The summed E-state index contributed by atoms with van der Waals surface area (Å²) in [6.45, 7) is 0. The Labute approximate surface area is 214 Å². The maximum absolute atomic E-state index is 14.4. The molecule has 0 bridgehead atoms. The molecule has 14 heteroatoms. The molecule has 1 aliphatic carbocycles. The number of halogens is 10. The van der Waals surface area contributed by atoms with Gasteiger partial charge >= 0.3 is 18.0 Å². The lowest BCUT2D eigenvalue weighted by molar-refractivity contribution is -0.348. The minimum absolute atomic E-state index is 0.00114. The first-order valence-electron chi connectivity index (χ1n) is 9.98. The molecule has 0 saturated heterocycles. The summed E-state index contributed by atoms with van der Waals surface area (Å²) in [5.41, 5.74) is -4.34. The zero-order valence-electron chi connectivity index (χ0n) is 17.8. The predicted molar refractivity (Wildman–Crippen MR) is 118 cm³/mol. The molecule has 1 amide bonds. The summed E-state index contributed by atoms with van der Waals surface area (Å²) in [4.78, 5) is 25.1. The highest BCUT2D eigenvalue weighted by Gasteiger charge is 2.73. The minimum Gasteiger partial charge on any atom is -0.349 e. The van der Waals surface area contributed by atoms with E-state index < -0.39 is 50.9 Å². The van der Waals surface area contributed by atoms with Crippen LogP contribution in [0.5, 0.6) is 0 Å². The van der Waals surface area contributed by atoms with Crippen LogP contribution in [0, 0.1) is 0 Å². The molecule has 1 fully saturated rings. The highest BCUT2D eigenvalue weighted by Crippen LogP contribution is 2.54. The van der Waals surface area contributed by atoms with Crippen molar-refractivity contribution in [1.29, 1.82) is 0 Å². The van der Waals surface area contributed by atoms with Crippen molar-refractivity contribution in [3.63, 3.8) is 0 Å². The number of allylic oxidation sites excluding steroid dienone is 1. The molecule has 2 aromatic rings. The van der Waals surface area contributed by atoms with Gasteiger partial charge in [0, 0.05) is 23.2 Å². The highest BCUT2D eigenvalue weighted by atomic mass is 35.5. The summed E-state index contributed by atoms with van der Waals surface area (Å²) in [7, 11) is 0. The standard InChI is InChI=1S/C22H14Cl3F7N2O2/c23-13-4-1-9(5-12(13)19(36)34-11-2-3-11)16(33)8-17(35)18-14(24)6-10(7-15(18)25)20(26,21(27,28)29)22(30,31)32/h1,4-8,11H,2-3,33H2,(H,34,36)/p+1. The fraction of sp³-hybridized carbons (Fsp3) is 0.273. The Hall–Kier alpha value is -2.34. The van der Waals surface area contributed by atoms with Crippen LogP contribution >= 0.6 is 34.8 Å². The normalized spacial score (nSPS) is 15.1. The van der Waals surface area contributed by atoms with Crippen molar-refractivity contribution in [3.05, 3.63) is 73.7 Å². The van der Waals surface area contributed by atoms with Crippen LogP contribution in [-0.2, 0) is 5.67 Å². The molecule has 2 aromatic carbocycles. The number of hydrogen-bond acceptors (Lipinski definition) is 2. The second-order valence-corrected chi connectivity index (χ2v) is 9.17. The summed E-state index contributed by atoms with van der Waals surface area (Å²) < 4.78 is 92.7. The van der Waals surface area contributed by atoms with Gasteiger partial charge in [-0.3, -0.25) is 9.59 Å². The van der Waals surface area contributed by atoms with E-state index in [-0.39, 0.29) is 40.0 Å². The van der Waals surface area contributed by atoms with E-state index in [1.807, 2.05) is 0 Å². The van der Waals surface area contributed by atoms with E-state index in [9.17, 15) is 40.3 Å². The van der Waals surface area contributed by atoms with Crippen molar-refractivity contribution in [2.75, 3.05) is 0 Å². The fourth-order valence-corrected chi connectivity index (χ4v) is 4.08. The largest absolute Gasteiger partial charge is 0.435 e. The molecule has 0 radical (unpaired) electrons. The Kier molecular flexibility index (Phi) is 7.72. The zero-order chi connectivity index (χ0) is 27.2. The van der Waals surface area contributed by atoms with E-state index >= 15 is 0 Å². The molecule has 3 rings (SSSR count). The van der Waals surface area contributed by atoms with Crippen molar-refractivity contribution in [2.45, 2.75) is 36.9 Å². The SMILES string of the molecule is [NH3+]C(=CC(=O)c1c(Cl)cc(C(F)(C(F)(F)F)C(F)(F)F)cc1Cl)c1ccc(Cl)c(C(=O)NC2CC2)c1. The molecular formula is C22H15Cl3F7N2O2+. The van der Waals surface area contributed by atoms with E-state index in [0.717, 1.165) is 18.9 Å². The average Bonchev–Trinajstić information content (AvgIpc) is 3.54. The summed E-state index contributed by atoms with van der Waals surface area (Å²) in [5, 5.41) is 0.984. The van der Waals surface area contributed by atoms with Crippen molar-refractivity contribution in [1.82, 2.24) is 5.32 Å². The van der Waals surface area contributed by atoms with Crippen LogP contribution in [0.15, 0.2) is 36.4 Å². The fourth-order valence-electron chi connectivity index (χ4n) is 3.20. The second kappa shape index (κ2) is 9.85. The number of hydrogen-bond donors (Lipinski definition) is 2.